The van der Waals surface area contributed by atoms with Crippen molar-refractivity contribution >= 4 is 5.91 Å². The van der Waals surface area contributed by atoms with Crippen LogP contribution in [0.3, 0.4) is 0 Å². The summed E-state index contributed by atoms with van der Waals surface area (Å²) in [6.45, 7) is 0.642. The van der Waals surface area contributed by atoms with Crippen LogP contribution in [0.1, 0.15) is 24.8 Å². The zero-order chi connectivity index (χ0) is 13.2. The van der Waals surface area contributed by atoms with Crippen LogP contribution in [0.25, 0.3) is 0 Å². The predicted octanol–water partition coefficient (Wildman–Crippen LogP) is 1.48. The van der Waals surface area contributed by atoms with Crippen LogP contribution in [0.5, 0.6) is 0 Å². The molecule has 3 N–H and O–H groups in total. The van der Waals surface area contributed by atoms with Crippen molar-refractivity contribution in [1.29, 1.82) is 0 Å². The van der Waals surface area contributed by atoms with Gasteiger partial charge >= 0.3 is 0 Å². The molecule has 0 aliphatic heterocycles. The van der Waals surface area contributed by atoms with E-state index in [9.17, 15) is 4.79 Å². The Hall–Kier alpha value is -1.79. The van der Waals surface area contributed by atoms with Crippen molar-refractivity contribution in [2.24, 2.45) is 5.73 Å². The Balaban J connectivity index is 2.23. The molecule has 0 unspecified atom stereocenters. The summed E-state index contributed by atoms with van der Waals surface area (Å²) in [7, 11) is 0. The molecule has 0 bridgehead atoms. The standard InChI is InChI=1S/C15H20N2O/c1-2-3-4-8-11-17-15(18)14(16)12-13-9-6-5-7-10-13/h1,5-7,9-10,14H,3-4,8,11-12,16H2,(H,17,18)/t14-/m0/s1. The fourth-order valence-electron chi connectivity index (χ4n) is 1.66. The minimum absolute atomic E-state index is 0.0976. The van der Waals surface area contributed by atoms with Gasteiger partial charge in [-0.2, -0.15) is 0 Å². The summed E-state index contributed by atoms with van der Waals surface area (Å²) >= 11 is 0. The van der Waals surface area contributed by atoms with E-state index >= 15 is 0 Å². The van der Waals surface area contributed by atoms with Crippen LogP contribution in [0.15, 0.2) is 30.3 Å². The van der Waals surface area contributed by atoms with Crippen molar-refractivity contribution in [3.63, 3.8) is 0 Å². The highest BCUT2D eigenvalue weighted by atomic mass is 16.2. The number of nitrogens with one attached hydrogen (secondary N) is 1. The quantitative estimate of drug-likeness (QED) is 0.564. The van der Waals surface area contributed by atoms with Gasteiger partial charge in [0.15, 0.2) is 0 Å². The van der Waals surface area contributed by atoms with Gasteiger partial charge in [0.05, 0.1) is 6.04 Å². The van der Waals surface area contributed by atoms with E-state index < -0.39 is 6.04 Å². The maximum atomic E-state index is 11.7. The second-order valence-electron chi connectivity index (χ2n) is 4.25. The molecule has 0 spiro atoms. The highest BCUT2D eigenvalue weighted by molar-refractivity contribution is 5.81. The Morgan fingerprint density at radius 3 is 2.72 bits per heavy atom. The summed E-state index contributed by atoms with van der Waals surface area (Å²) < 4.78 is 0. The number of rotatable bonds is 7. The number of terminal acetylenes is 1. The van der Waals surface area contributed by atoms with E-state index in [0.717, 1.165) is 24.8 Å². The van der Waals surface area contributed by atoms with Gasteiger partial charge in [-0.1, -0.05) is 30.3 Å². The van der Waals surface area contributed by atoms with Gasteiger partial charge in [-0.15, -0.1) is 12.3 Å². The first-order valence-corrected chi connectivity index (χ1v) is 6.24. The molecule has 0 radical (unpaired) electrons. The molecule has 18 heavy (non-hydrogen) atoms. The molecule has 1 aromatic carbocycles. The summed E-state index contributed by atoms with van der Waals surface area (Å²) in [6.07, 6.45) is 8.30. The molecule has 0 saturated carbocycles. The second kappa shape index (κ2) is 8.32. The number of nitrogens with two attached hydrogens (primary N) is 1. The largest absolute Gasteiger partial charge is 0.355 e. The summed E-state index contributed by atoms with van der Waals surface area (Å²) in [5.74, 6) is 2.48. The van der Waals surface area contributed by atoms with Crippen molar-refractivity contribution in [2.75, 3.05) is 6.54 Å². The van der Waals surface area contributed by atoms with Crippen LogP contribution in [-0.2, 0) is 11.2 Å². The van der Waals surface area contributed by atoms with Gasteiger partial charge < -0.3 is 11.1 Å². The smallest absolute Gasteiger partial charge is 0.237 e. The molecular weight excluding hydrogens is 224 g/mol. The van der Waals surface area contributed by atoms with E-state index in [1.807, 2.05) is 30.3 Å². The van der Waals surface area contributed by atoms with Crippen LogP contribution < -0.4 is 11.1 Å². The summed E-state index contributed by atoms with van der Waals surface area (Å²) in [5.41, 5.74) is 6.92. The SMILES string of the molecule is C#CCCCCNC(=O)[C@@H](N)Cc1ccccc1. The fourth-order valence-corrected chi connectivity index (χ4v) is 1.66. The molecule has 0 aliphatic carbocycles. The molecule has 1 amide bonds. The highest BCUT2D eigenvalue weighted by Gasteiger charge is 2.12. The lowest BCUT2D eigenvalue weighted by atomic mass is 10.1. The molecule has 0 heterocycles. The first-order chi connectivity index (χ1) is 8.74. The maximum Gasteiger partial charge on any atom is 0.237 e. The number of carbonyl (C=O) groups is 1. The van der Waals surface area contributed by atoms with Crippen molar-refractivity contribution in [3.05, 3.63) is 35.9 Å². The second-order valence-corrected chi connectivity index (χ2v) is 4.25. The van der Waals surface area contributed by atoms with Gasteiger partial charge in [0.1, 0.15) is 0 Å². The lowest BCUT2D eigenvalue weighted by Gasteiger charge is -2.12. The average Bonchev–Trinajstić information content (AvgIpc) is 2.39. The Morgan fingerprint density at radius 1 is 1.33 bits per heavy atom. The number of amides is 1. The zero-order valence-corrected chi connectivity index (χ0v) is 10.6. The van der Waals surface area contributed by atoms with Gasteiger partial charge in [-0.25, -0.2) is 0 Å². The van der Waals surface area contributed by atoms with E-state index in [4.69, 9.17) is 12.2 Å². The zero-order valence-electron chi connectivity index (χ0n) is 10.6. The lowest BCUT2D eigenvalue weighted by Crippen LogP contribution is -2.42. The van der Waals surface area contributed by atoms with Gasteiger partial charge in [-0.05, 0) is 24.8 Å². The van der Waals surface area contributed by atoms with Gasteiger partial charge in [0.2, 0.25) is 5.91 Å². The molecule has 1 aromatic rings. The molecule has 0 fully saturated rings. The molecule has 1 rings (SSSR count). The van der Waals surface area contributed by atoms with Gasteiger partial charge in [0, 0.05) is 13.0 Å². The van der Waals surface area contributed by atoms with E-state index in [2.05, 4.69) is 11.2 Å². The third-order valence-electron chi connectivity index (χ3n) is 2.68. The first-order valence-electron chi connectivity index (χ1n) is 6.24. The van der Waals surface area contributed by atoms with Crippen LogP contribution in [-0.4, -0.2) is 18.5 Å². The minimum atomic E-state index is -0.486. The van der Waals surface area contributed by atoms with Crippen molar-refractivity contribution in [3.8, 4) is 12.3 Å². The number of carbonyl (C=O) groups excluding carboxylic acids is 1. The Morgan fingerprint density at radius 2 is 2.06 bits per heavy atom. The number of benzene rings is 1. The van der Waals surface area contributed by atoms with E-state index in [0.29, 0.717) is 13.0 Å². The molecule has 1 atom stereocenters. The van der Waals surface area contributed by atoms with Crippen molar-refractivity contribution < 1.29 is 4.79 Å². The minimum Gasteiger partial charge on any atom is -0.355 e. The monoisotopic (exact) mass is 244 g/mol. The van der Waals surface area contributed by atoms with E-state index in [1.165, 1.54) is 0 Å². The van der Waals surface area contributed by atoms with Crippen LogP contribution in [0, 0.1) is 12.3 Å². The van der Waals surface area contributed by atoms with Crippen molar-refractivity contribution in [2.45, 2.75) is 31.7 Å². The Labute approximate surface area is 109 Å². The molecule has 3 nitrogen and oxygen atoms in total. The third kappa shape index (κ3) is 5.51. The van der Waals surface area contributed by atoms with Crippen LogP contribution in [0.4, 0.5) is 0 Å². The average molecular weight is 244 g/mol. The Kier molecular flexibility index (Phi) is 6.60. The molecule has 0 aromatic heterocycles. The van der Waals surface area contributed by atoms with E-state index in [-0.39, 0.29) is 5.91 Å². The van der Waals surface area contributed by atoms with Gasteiger partial charge in [0.25, 0.3) is 0 Å². The van der Waals surface area contributed by atoms with Crippen LogP contribution >= 0.6 is 0 Å². The molecular formula is C15H20N2O. The topological polar surface area (TPSA) is 55.1 Å². The number of hydrogen-bond donors (Lipinski definition) is 2. The fraction of sp³-hybridized carbons (Fsp3) is 0.400. The maximum absolute atomic E-state index is 11.7. The number of unbranched alkanes of at least 4 members (excludes halogenated alkanes) is 2. The summed E-state index contributed by atoms with van der Waals surface area (Å²) in [4.78, 5) is 11.7. The highest BCUT2D eigenvalue weighted by Crippen LogP contribution is 2.02. The Bertz CT molecular complexity index is 395. The van der Waals surface area contributed by atoms with Crippen LogP contribution in [0.2, 0.25) is 0 Å². The van der Waals surface area contributed by atoms with E-state index in [1.54, 1.807) is 0 Å². The molecule has 0 aliphatic rings. The lowest BCUT2D eigenvalue weighted by molar-refractivity contribution is -0.122. The van der Waals surface area contributed by atoms with Gasteiger partial charge in [-0.3, -0.25) is 4.79 Å². The molecule has 0 saturated heterocycles. The normalized spacial score (nSPS) is 11.6. The summed E-state index contributed by atoms with van der Waals surface area (Å²) in [6, 6.07) is 9.29. The summed E-state index contributed by atoms with van der Waals surface area (Å²) in [5, 5.41) is 2.83. The predicted molar refractivity (Wildman–Crippen MR) is 73.8 cm³/mol. The third-order valence-corrected chi connectivity index (χ3v) is 2.68. The molecule has 3 heteroatoms. The number of hydrogen-bond acceptors (Lipinski definition) is 2. The van der Waals surface area contributed by atoms with Crippen molar-refractivity contribution in [1.82, 2.24) is 5.32 Å². The molecule has 96 valence electrons. The first kappa shape index (κ1) is 14.3.